The summed E-state index contributed by atoms with van der Waals surface area (Å²) in [5, 5.41) is 0. The number of rotatable bonds is 5. The third kappa shape index (κ3) is 4.23. The van der Waals surface area contributed by atoms with E-state index in [1.807, 2.05) is 13.8 Å². The highest BCUT2D eigenvalue weighted by Gasteiger charge is 2.11. The van der Waals surface area contributed by atoms with Crippen LogP contribution in [-0.2, 0) is 4.74 Å². The fourth-order valence-electron chi connectivity index (χ4n) is 1.46. The monoisotopic (exact) mass is 245 g/mol. The molecule has 0 spiro atoms. The Morgan fingerprint density at radius 1 is 1.39 bits per heavy atom. The highest BCUT2D eigenvalue weighted by Crippen LogP contribution is 2.06. The van der Waals surface area contributed by atoms with Crippen molar-refractivity contribution < 1.29 is 9.53 Å². The third-order valence-electron chi connectivity index (χ3n) is 2.52. The molecule has 96 valence electrons. The maximum atomic E-state index is 12.0. The Labute approximate surface area is 109 Å². The van der Waals surface area contributed by atoms with Crippen LogP contribution in [0.15, 0.2) is 24.3 Å². The van der Waals surface area contributed by atoms with E-state index in [0.717, 1.165) is 5.56 Å². The first-order valence-corrected chi connectivity index (χ1v) is 5.98. The van der Waals surface area contributed by atoms with E-state index >= 15 is 0 Å². The van der Waals surface area contributed by atoms with Gasteiger partial charge in [0.25, 0.3) is 5.91 Å². The van der Waals surface area contributed by atoms with Crippen molar-refractivity contribution >= 4 is 5.91 Å². The molecule has 3 nitrogen and oxygen atoms in total. The Balaban J connectivity index is 2.55. The van der Waals surface area contributed by atoms with Gasteiger partial charge in [-0.05, 0) is 38.1 Å². The summed E-state index contributed by atoms with van der Waals surface area (Å²) in [5.41, 5.74) is 1.42. The molecule has 3 heteroatoms. The second kappa shape index (κ2) is 6.83. The average molecular weight is 245 g/mol. The van der Waals surface area contributed by atoms with E-state index in [0.29, 0.717) is 18.7 Å². The molecule has 0 aliphatic carbocycles. The quantitative estimate of drug-likeness (QED) is 0.744. The van der Waals surface area contributed by atoms with Crippen molar-refractivity contribution in [2.45, 2.75) is 20.0 Å². The van der Waals surface area contributed by atoms with Crippen LogP contribution in [0.5, 0.6) is 0 Å². The number of hydrogen-bond acceptors (Lipinski definition) is 2. The van der Waals surface area contributed by atoms with Gasteiger partial charge in [0.15, 0.2) is 0 Å². The lowest BCUT2D eigenvalue weighted by Gasteiger charge is -2.18. The Kier molecular flexibility index (Phi) is 5.41. The molecular formula is C15H19NO2. The minimum absolute atomic E-state index is 0.0223. The van der Waals surface area contributed by atoms with Crippen molar-refractivity contribution in [3.05, 3.63) is 35.4 Å². The normalized spacial score (nSPS) is 10.2. The van der Waals surface area contributed by atoms with Crippen LogP contribution in [0.4, 0.5) is 0 Å². The lowest BCUT2D eigenvalue weighted by atomic mass is 10.1. The van der Waals surface area contributed by atoms with Gasteiger partial charge in [0.1, 0.15) is 0 Å². The molecule has 1 amide bonds. The standard InChI is InChI=1S/C15H19NO2/c1-5-13-6-8-14(9-7-13)15(17)16(4)10-11-18-12(2)3/h1,6-9,12H,10-11H2,2-4H3. The molecule has 18 heavy (non-hydrogen) atoms. The van der Waals surface area contributed by atoms with Crippen LogP contribution < -0.4 is 0 Å². The lowest BCUT2D eigenvalue weighted by Crippen LogP contribution is -2.30. The fraction of sp³-hybridized carbons (Fsp3) is 0.400. The lowest BCUT2D eigenvalue weighted by molar-refractivity contribution is 0.0532. The maximum absolute atomic E-state index is 12.0. The van der Waals surface area contributed by atoms with Crippen LogP contribution in [0.25, 0.3) is 0 Å². The third-order valence-corrected chi connectivity index (χ3v) is 2.52. The Bertz CT molecular complexity index is 429. The number of likely N-dealkylation sites (N-methyl/N-ethyl adjacent to an activating group) is 1. The molecule has 0 saturated heterocycles. The van der Waals surface area contributed by atoms with E-state index < -0.39 is 0 Å². The summed E-state index contributed by atoms with van der Waals surface area (Å²) in [6.45, 7) is 5.07. The number of carbonyl (C=O) groups is 1. The van der Waals surface area contributed by atoms with E-state index in [9.17, 15) is 4.79 Å². The number of benzene rings is 1. The summed E-state index contributed by atoms with van der Waals surface area (Å²) >= 11 is 0. The van der Waals surface area contributed by atoms with Gasteiger partial charge in [0.2, 0.25) is 0 Å². The van der Waals surface area contributed by atoms with Crippen molar-refractivity contribution in [1.82, 2.24) is 4.90 Å². The van der Waals surface area contributed by atoms with Crippen LogP contribution in [0.2, 0.25) is 0 Å². The summed E-state index contributed by atoms with van der Waals surface area (Å²) in [5.74, 6) is 2.50. The van der Waals surface area contributed by atoms with Crippen molar-refractivity contribution in [3.63, 3.8) is 0 Å². The van der Waals surface area contributed by atoms with Crippen LogP contribution in [-0.4, -0.2) is 37.1 Å². The smallest absolute Gasteiger partial charge is 0.253 e. The molecule has 0 radical (unpaired) electrons. The number of hydrogen-bond donors (Lipinski definition) is 0. The number of amides is 1. The topological polar surface area (TPSA) is 29.5 Å². The van der Waals surface area contributed by atoms with Gasteiger partial charge in [0.05, 0.1) is 12.7 Å². The van der Waals surface area contributed by atoms with E-state index in [-0.39, 0.29) is 12.0 Å². The van der Waals surface area contributed by atoms with E-state index in [2.05, 4.69) is 5.92 Å². The van der Waals surface area contributed by atoms with Crippen molar-refractivity contribution in [3.8, 4) is 12.3 Å². The van der Waals surface area contributed by atoms with Gasteiger partial charge >= 0.3 is 0 Å². The molecule has 1 aromatic carbocycles. The van der Waals surface area contributed by atoms with Crippen LogP contribution in [0.1, 0.15) is 29.8 Å². The first-order chi connectivity index (χ1) is 8.54. The van der Waals surface area contributed by atoms with E-state index in [1.54, 1.807) is 36.2 Å². The van der Waals surface area contributed by atoms with Gasteiger partial charge < -0.3 is 9.64 Å². The molecule has 0 saturated carbocycles. The maximum Gasteiger partial charge on any atom is 0.253 e. The molecule has 0 unspecified atom stereocenters. The second-order valence-electron chi connectivity index (χ2n) is 4.37. The zero-order chi connectivity index (χ0) is 13.5. The molecule has 0 aromatic heterocycles. The number of carbonyl (C=O) groups excluding carboxylic acids is 1. The summed E-state index contributed by atoms with van der Waals surface area (Å²) in [4.78, 5) is 13.7. The highest BCUT2D eigenvalue weighted by atomic mass is 16.5. The Morgan fingerprint density at radius 2 is 2.00 bits per heavy atom. The molecule has 0 bridgehead atoms. The van der Waals surface area contributed by atoms with Crippen molar-refractivity contribution in [2.24, 2.45) is 0 Å². The molecule has 0 aliphatic rings. The summed E-state index contributed by atoms with van der Waals surface area (Å²) in [6, 6.07) is 7.03. The first-order valence-electron chi connectivity index (χ1n) is 5.98. The zero-order valence-corrected chi connectivity index (χ0v) is 11.1. The first kappa shape index (κ1) is 14.3. The zero-order valence-electron chi connectivity index (χ0n) is 11.1. The van der Waals surface area contributed by atoms with Gasteiger partial charge in [-0.25, -0.2) is 0 Å². The van der Waals surface area contributed by atoms with Gasteiger partial charge in [-0.3, -0.25) is 4.79 Å². The van der Waals surface area contributed by atoms with Gasteiger partial charge in [0, 0.05) is 24.7 Å². The van der Waals surface area contributed by atoms with E-state index in [4.69, 9.17) is 11.2 Å². The fourth-order valence-corrected chi connectivity index (χ4v) is 1.46. The number of ether oxygens (including phenoxy) is 1. The van der Waals surface area contributed by atoms with Crippen LogP contribution >= 0.6 is 0 Å². The average Bonchev–Trinajstić information content (AvgIpc) is 2.37. The van der Waals surface area contributed by atoms with Crippen LogP contribution in [0, 0.1) is 12.3 Å². The van der Waals surface area contributed by atoms with Crippen molar-refractivity contribution in [2.75, 3.05) is 20.2 Å². The summed E-state index contributed by atoms with van der Waals surface area (Å²) in [7, 11) is 1.76. The van der Waals surface area contributed by atoms with Gasteiger partial charge in [-0.2, -0.15) is 0 Å². The number of terminal acetylenes is 1. The predicted molar refractivity (Wildman–Crippen MR) is 72.4 cm³/mol. The second-order valence-corrected chi connectivity index (χ2v) is 4.37. The van der Waals surface area contributed by atoms with Crippen LogP contribution in [0.3, 0.4) is 0 Å². The summed E-state index contributed by atoms with van der Waals surface area (Å²) < 4.78 is 5.41. The van der Waals surface area contributed by atoms with Gasteiger partial charge in [-0.1, -0.05) is 5.92 Å². The number of nitrogens with zero attached hydrogens (tertiary/aromatic N) is 1. The van der Waals surface area contributed by atoms with E-state index in [1.165, 1.54) is 0 Å². The molecule has 0 atom stereocenters. The summed E-state index contributed by atoms with van der Waals surface area (Å²) in [6.07, 6.45) is 5.45. The Hall–Kier alpha value is -1.79. The molecule has 0 heterocycles. The van der Waals surface area contributed by atoms with Crippen molar-refractivity contribution in [1.29, 1.82) is 0 Å². The molecule has 1 rings (SSSR count). The SMILES string of the molecule is C#Cc1ccc(C(=O)N(C)CCOC(C)C)cc1. The molecule has 0 fully saturated rings. The predicted octanol–water partition coefficient (Wildman–Crippen LogP) is 2.16. The minimum atomic E-state index is -0.0223. The molecular weight excluding hydrogens is 226 g/mol. The minimum Gasteiger partial charge on any atom is -0.377 e. The Morgan fingerprint density at radius 3 is 2.50 bits per heavy atom. The largest absolute Gasteiger partial charge is 0.377 e. The van der Waals surface area contributed by atoms with Gasteiger partial charge in [-0.15, -0.1) is 6.42 Å². The molecule has 1 aromatic rings. The molecule has 0 N–H and O–H groups in total. The highest BCUT2D eigenvalue weighted by molar-refractivity contribution is 5.94. The molecule has 0 aliphatic heterocycles.